The third-order valence-electron chi connectivity index (χ3n) is 5.93. The van der Waals surface area contributed by atoms with Gasteiger partial charge in [0.15, 0.2) is 0 Å². The number of pyridine rings is 1. The predicted octanol–water partition coefficient (Wildman–Crippen LogP) is 5.31. The molecule has 0 aliphatic carbocycles. The number of nitrogens with zero attached hydrogens (tertiary/aromatic N) is 4. The molecule has 0 bridgehead atoms. The van der Waals surface area contributed by atoms with E-state index in [0.29, 0.717) is 41.4 Å². The molecule has 8 nitrogen and oxygen atoms in total. The number of aromatic nitrogens is 3. The zero-order valence-electron chi connectivity index (χ0n) is 19.6. The first-order chi connectivity index (χ1) is 17.7. The van der Waals surface area contributed by atoms with Crippen molar-refractivity contribution in [1.29, 1.82) is 0 Å². The van der Waals surface area contributed by atoms with E-state index in [4.69, 9.17) is 4.74 Å². The maximum absolute atomic E-state index is 14.0. The summed E-state index contributed by atoms with van der Waals surface area (Å²) >= 11 is 0. The van der Waals surface area contributed by atoms with Gasteiger partial charge in [-0.2, -0.15) is 13.2 Å². The quantitative estimate of drug-likeness (QED) is 0.326. The summed E-state index contributed by atoms with van der Waals surface area (Å²) in [7, 11) is 1.72. The van der Waals surface area contributed by atoms with Gasteiger partial charge in [-0.1, -0.05) is 0 Å². The first kappa shape index (κ1) is 24.5. The maximum atomic E-state index is 14.0. The molecule has 12 heteroatoms. The molecule has 0 atom stereocenters. The lowest BCUT2D eigenvalue weighted by molar-refractivity contribution is -0.140. The molecule has 1 fully saturated rings. The second-order valence-electron chi connectivity index (χ2n) is 8.62. The number of carbonyl (C=O) groups is 1. The molecule has 192 valence electrons. The number of imidazole rings is 1. The highest BCUT2D eigenvalue weighted by molar-refractivity contribution is 5.91. The van der Waals surface area contributed by atoms with E-state index in [1.54, 1.807) is 41.9 Å². The molecule has 4 aromatic rings. The number of hydrogen-bond acceptors (Lipinski definition) is 6. The van der Waals surface area contributed by atoms with Crippen LogP contribution in [0.2, 0.25) is 0 Å². The van der Waals surface area contributed by atoms with Crippen molar-refractivity contribution in [3.8, 4) is 11.5 Å². The molecule has 5 rings (SSSR count). The Balaban J connectivity index is 1.30. The average Bonchev–Trinajstić information content (AvgIpc) is 3.10. The van der Waals surface area contributed by atoms with Crippen LogP contribution in [0, 0.1) is 5.82 Å². The minimum absolute atomic E-state index is 0.126. The summed E-state index contributed by atoms with van der Waals surface area (Å²) in [6, 6.07) is 11.1. The minimum atomic E-state index is -4.77. The molecule has 0 unspecified atom stereocenters. The Hall–Kier alpha value is -4.19. The zero-order chi connectivity index (χ0) is 26.2. The lowest BCUT2D eigenvalue weighted by Crippen LogP contribution is -2.42. The summed E-state index contributed by atoms with van der Waals surface area (Å²) in [4.78, 5) is 22.8. The molecule has 1 amide bonds. The highest BCUT2D eigenvalue weighted by Crippen LogP contribution is 2.33. The smallest absolute Gasteiger partial charge is 0.419 e. The zero-order valence-corrected chi connectivity index (χ0v) is 19.6. The number of ether oxygens (including phenoxy) is 1. The summed E-state index contributed by atoms with van der Waals surface area (Å²) < 4.78 is 60.1. The van der Waals surface area contributed by atoms with Crippen molar-refractivity contribution < 1.29 is 27.1 Å². The highest BCUT2D eigenvalue weighted by Gasteiger charge is 2.34. The van der Waals surface area contributed by atoms with E-state index >= 15 is 0 Å². The monoisotopic (exact) mass is 514 g/mol. The standard InChI is InChI=1S/C25H22F4N6O2/c1-34-21-6-4-16(37-17-7-8-30-22(13-17)33-23(36)14-35-9-2-10-35)12-20(21)32-24(34)31-15-3-5-18(19(26)11-15)25(27,28)29/h3-8,11-13H,2,9-10,14H2,1H3,(H,31,32)(H,30,33,36). The van der Waals surface area contributed by atoms with E-state index < -0.39 is 17.6 Å². The Morgan fingerprint density at radius 1 is 1.08 bits per heavy atom. The van der Waals surface area contributed by atoms with Crippen molar-refractivity contribution in [2.75, 3.05) is 30.3 Å². The van der Waals surface area contributed by atoms with E-state index in [2.05, 4.69) is 20.6 Å². The van der Waals surface area contributed by atoms with Gasteiger partial charge in [0.05, 0.1) is 23.1 Å². The van der Waals surface area contributed by atoms with E-state index in [1.807, 2.05) is 4.90 Å². The van der Waals surface area contributed by atoms with Crippen molar-refractivity contribution in [3.63, 3.8) is 0 Å². The van der Waals surface area contributed by atoms with Gasteiger partial charge in [-0.25, -0.2) is 14.4 Å². The number of rotatable bonds is 7. The van der Waals surface area contributed by atoms with Crippen LogP contribution in [0.3, 0.4) is 0 Å². The number of anilines is 3. The third kappa shape index (κ3) is 5.48. The molecule has 0 saturated carbocycles. The van der Waals surface area contributed by atoms with Gasteiger partial charge in [-0.15, -0.1) is 0 Å². The van der Waals surface area contributed by atoms with Crippen molar-refractivity contribution in [3.05, 3.63) is 66.1 Å². The molecule has 1 aliphatic rings. The van der Waals surface area contributed by atoms with Crippen LogP contribution in [0.4, 0.5) is 35.0 Å². The maximum Gasteiger partial charge on any atom is 0.419 e. The van der Waals surface area contributed by atoms with Gasteiger partial charge in [0.25, 0.3) is 0 Å². The number of hydrogen-bond donors (Lipinski definition) is 2. The first-order valence-electron chi connectivity index (χ1n) is 11.4. The van der Waals surface area contributed by atoms with Crippen LogP contribution in [-0.4, -0.2) is 45.0 Å². The molecule has 1 aliphatic heterocycles. The molecule has 3 heterocycles. The number of benzene rings is 2. The lowest BCUT2D eigenvalue weighted by atomic mass is 10.2. The van der Waals surface area contributed by atoms with Crippen LogP contribution in [0.1, 0.15) is 12.0 Å². The Bertz CT molecular complexity index is 1470. The lowest BCUT2D eigenvalue weighted by Gasteiger charge is -2.29. The summed E-state index contributed by atoms with van der Waals surface area (Å²) in [5.41, 5.74) is 0.0589. The second kappa shape index (κ2) is 9.69. The number of nitrogens with one attached hydrogen (secondary N) is 2. The van der Waals surface area contributed by atoms with Crippen LogP contribution in [0.5, 0.6) is 11.5 Å². The fraction of sp³-hybridized carbons (Fsp3) is 0.240. The summed E-state index contributed by atoms with van der Waals surface area (Å²) in [5, 5.41) is 5.61. The van der Waals surface area contributed by atoms with Gasteiger partial charge in [0.1, 0.15) is 23.1 Å². The van der Waals surface area contributed by atoms with Crippen LogP contribution in [0.15, 0.2) is 54.7 Å². The predicted molar refractivity (Wildman–Crippen MR) is 129 cm³/mol. The number of alkyl halides is 3. The molecule has 0 radical (unpaired) electrons. The van der Waals surface area contributed by atoms with Crippen molar-refractivity contribution in [2.45, 2.75) is 12.6 Å². The summed E-state index contributed by atoms with van der Waals surface area (Å²) in [5.74, 6) is 0.0946. The van der Waals surface area contributed by atoms with Crippen LogP contribution in [0.25, 0.3) is 11.0 Å². The molecule has 2 aromatic heterocycles. The number of fused-ring (bicyclic) bond motifs is 1. The minimum Gasteiger partial charge on any atom is -0.457 e. The Kier molecular flexibility index (Phi) is 6.42. The molecule has 1 saturated heterocycles. The second-order valence-corrected chi connectivity index (χ2v) is 8.62. The van der Waals surface area contributed by atoms with Gasteiger partial charge < -0.3 is 19.9 Å². The van der Waals surface area contributed by atoms with Gasteiger partial charge in [-0.3, -0.25) is 9.69 Å². The number of halogens is 4. The molecule has 2 aromatic carbocycles. The molecular weight excluding hydrogens is 492 g/mol. The summed E-state index contributed by atoms with van der Waals surface area (Å²) in [6.45, 7) is 2.15. The first-order valence-corrected chi connectivity index (χ1v) is 11.4. The summed E-state index contributed by atoms with van der Waals surface area (Å²) in [6.07, 6.45) is -2.15. The van der Waals surface area contributed by atoms with Crippen molar-refractivity contribution in [2.24, 2.45) is 7.05 Å². The van der Waals surface area contributed by atoms with Gasteiger partial charge in [0.2, 0.25) is 11.9 Å². The van der Waals surface area contributed by atoms with Crippen LogP contribution < -0.4 is 15.4 Å². The molecule has 0 spiro atoms. The van der Waals surface area contributed by atoms with Crippen molar-refractivity contribution in [1.82, 2.24) is 19.4 Å². The molecular formula is C25H22F4N6O2. The Labute approximate surface area is 208 Å². The normalized spacial score (nSPS) is 13.9. The van der Waals surface area contributed by atoms with Crippen LogP contribution >= 0.6 is 0 Å². The van der Waals surface area contributed by atoms with E-state index in [9.17, 15) is 22.4 Å². The fourth-order valence-corrected chi connectivity index (χ4v) is 3.91. The fourth-order valence-electron chi connectivity index (χ4n) is 3.91. The van der Waals surface area contributed by atoms with Gasteiger partial charge in [0, 0.05) is 31.1 Å². The Morgan fingerprint density at radius 3 is 2.57 bits per heavy atom. The molecule has 37 heavy (non-hydrogen) atoms. The average molecular weight is 514 g/mol. The number of carbonyl (C=O) groups excluding carboxylic acids is 1. The number of aryl methyl sites for hydroxylation is 1. The Morgan fingerprint density at radius 2 is 1.86 bits per heavy atom. The largest absolute Gasteiger partial charge is 0.457 e. The number of amides is 1. The third-order valence-corrected chi connectivity index (χ3v) is 5.93. The molecule has 2 N–H and O–H groups in total. The topological polar surface area (TPSA) is 84.3 Å². The van der Waals surface area contributed by atoms with E-state index in [1.165, 1.54) is 6.20 Å². The van der Waals surface area contributed by atoms with Gasteiger partial charge >= 0.3 is 6.18 Å². The highest BCUT2D eigenvalue weighted by atomic mass is 19.4. The van der Waals surface area contributed by atoms with E-state index in [0.717, 1.165) is 37.2 Å². The number of likely N-dealkylation sites (tertiary alicyclic amines) is 1. The van der Waals surface area contributed by atoms with Crippen LogP contribution in [-0.2, 0) is 18.0 Å². The van der Waals surface area contributed by atoms with E-state index in [-0.39, 0.29) is 11.6 Å². The SMILES string of the molecule is Cn1c(Nc2ccc(C(F)(F)F)c(F)c2)nc2cc(Oc3ccnc(NC(=O)CN4CCC4)c3)ccc21. The van der Waals surface area contributed by atoms with Crippen molar-refractivity contribution >= 4 is 34.4 Å². The van der Waals surface area contributed by atoms with Gasteiger partial charge in [-0.05, 0) is 55.9 Å².